The van der Waals surface area contributed by atoms with E-state index in [4.69, 9.17) is 9.47 Å². The number of methoxy groups -OCH3 is 2. The minimum Gasteiger partial charge on any atom is -0.493 e. The molecule has 0 aliphatic carbocycles. The van der Waals surface area contributed by atoms with Gasteiger partial charge in [0.15, 0.2) is 17.2 Å². The summed E-state index contributed by atoms with van der Waals surface area (Å²) in [7, 11) is 3.19. The molecule has 1 amide bonds. The molecule has 2 N–H and O–H groups in total. The monoisotopic (exact) mass is 342 g/mol. The molecule has 7 heteroatoms. The molecule has 0 unspecified atom stereocenters. The van der Waals surface area contributed by atoms with Gasteiger partial charge in [0, 0.05) is 13.1 Å². The summed E-state index contributed by atoms with van der Waals surface area (Å²) in [5, 5.41) is 13.7. The summed E-state index contributed by atoms with van der Waals surface area (Å²) in [4.78, 5) is 12.1. The van der Waals surface area contributed by atoms with Gasteiger partial charge in [-0.15, -0.1) is 16.8 Å². The highest BCUT2D eigenvalue weighted by Gasteiger charge is 2.09. The molecule has 0 atom stereocenters. The van der Waals surface area contributed by atoms with Crippen molar-refractivity contribution in [3.05, 3.63) is 54.2 Å². The molecular weight excluding hydrogens is 320 g/mol. The maximum absolute atomic E-state index is 12.1. The number of aromatic nitrogens is 2. The number of benzene rings is 1. The first-order valence-electron chi connectivity index (χ1n) is 7.85. The Bertz CT molecular complexity index is 717. The first kappa shape index (κ1) is 18.3. The van der Waals surface area contributed by atoms with E-state index < -0.39 is 0 Å². The van der Waals surface area contributed by atoms with Gasteiger partial charge in [-0.2, -0.15) is 0 Å². The lowest BCUT2D eigenvalue weighted by atomic mass is 10.1. The summed E-state index contributed by atoms with van der Waals surface area (Å²) < 4.78 is 10.5. The van der Waals surface area contributed by atoms with Crippen LogP contribution in [0.2, 0.25) is 0 Å². The highest BCUT2D eigenvalue weighted by Crippen LogP contribution is 2.27. The van der Waals surface area contributed by atoms with Crippen LogP contribution in [0.4, 0.5) is 5.82 Å². The highest BCUT2D eigenvalue weighted by molar-refractivity contribution is 5.92. The first-order chi connectivity index (χ1) is 12.2. The summed E-state index contributed by atoms with van der Waals surface area (Å²) >= 11 is 0. The number of ether oxygens (including phenoxy) is 2. The Hall–Kier alpha value is -3.09. The molecule has 25 heavy (non-hydrogen) atoms. The van der Waals surface area contributed by atoms with Gasteiger partial charge in [-0.05, 0) is 36.2 Å². The van der Waals surface area contributed by atoms with Crippen molar-refractivity contribution in [1.82, 2.24) is 15.5 Å². The number of carbonyl (C=O) groups is 1. The van der Waals surface area contributed by atoms with Crippen LogP contribution in [0.1, 0.15) is 16.1 Å². The van der Waals surface area contributed by atoms with Crippen molar-refractivity contribution in [2.24, 2.45) is 0 Å². The molecule has 2 rings (SSSR count). The fourth-order valence-corrected chi connectivity index (χ4v) is 2.17. The fourth-order valence-electron chi connectivity index (χ4n) is 2.17. The number of nitrogens with one attached hydrogen (secondary N) is 2. The van der Waals surface area contributed by atoms with E-state index >= 15 is 0 Å². The second-order valence-electron chi connectivity index (χ2n) is 5.17. The fraction of sp³-hybridized carbons (Fsp3) is 0.278. The normalized spacial score (nSPS) is 10.0. The van der Waals surface area contributed by atoms with Crippen LogP contribution in [0.5, 0.6) is 11.5 Å². The Morgan fingerprint density at radius 1 is 1.16 bits per heavy atom. The van der Waals surface area contributed by atoms with Gasteiger partial charge in [-0.3, -0.25) is 4.79 Å². The van der Waals surface area contributed by atoms with Crippen LogP contribution in [-0.2, 0) is 6.42 Å². The van der Waals surface area contributed by atoms with E-state index in [0.29, 0.717) is 36.8 Å². The highest BCUT2D eigenvalue weighted by atomic mass is 16.5. The second kappa shape index (κ2) is 9.27. The van der Waals surface area contributed by atoms with Crippen LogP contribution >= 0.6 is 0 Å². The summed E-state index contributed by atoms with van der Waals surface area (Å²) in [6.07, 6.45) is 2.38. The second-order valence-corrected chi connectivity index (χ2v) is 5.17. The Kier molecular flexibility index (Phi) is 6.76. The quantitative estimate of drug-likeness (QED) is 0.679. The van der Waals surface area contributed by atoms with Crippen molar-refractivity contribution in [3.8, 4) is 11.5 Å². The van der Waals surface area contributed by atoms with E-state index in [2.05, 4.69) is 27.4 Å². The maximum atomic E-state index is 12.1. The number of hydrogen-bond donors (Lipinski definition) is 2. The molecule has 0 radical (unpaired) electrons. The van der Waals surface area contributed by atoms with E-state index in [1.165, 1.54) is 0 Å². The lowest BCUT2D eigenvalue weighted by molar-refractivity contribution is 0.0948. The van der Waals surface area contributed by atoms with Crippen LogP contribution in [0.15, 0.2) is 43.0 Å². The third-order valence-corrected chi connectivity index (χ3v) is 3.47. The largest absolute Gasteiger partial charge is 0.493 e. The van der Waals surface area contributed by atoms with E-state index in [9.17, 15) is 4.79 Å². The number of anilines is 1. The number of hydrogen-bond acceptors (Lipinski definition) is 6. The lowest BCUT2D eigenvalue weighted by Gasteiger charge is -2.10. The number of amides is 1. The van der Waals surface area contributed by atoms with Crippen LogP contribution in [0, 0.1) is 0 Å². The molecule has 7 nitrogen and oxygen atoms in total. The smallest absolute Gasteiger partial charge is 0.271 e. The topological polar surface area (TPSA) is 85.4 Å². The maximum Gasteiger partial charge on any atom is 0.271 e. The van der Waals surface area contributed by atoms with Gasteiger partial charge in [0.25, 0.3) is 5.91 Å². The predicted octanol–water partition coefficient (Wildman–Crippen LogP) is 2.06. The van der Waals surface area contributed by atoms with Crippen molar-refractivity contribution >= 4 is 11.7 Å². The predicted molar refractivity (Wildman–Crippen MR) is 96.3 cm³/mol. The van der Waals surface area contributed by atoms with Gasteiger partial charge in [0.2, 0.25) is 0 Å². The molecule has 1 aromatic heterocycles. The Morgan fingerprint density at radius 3 is 2.60 bits per heavy atom. The summed E-state index contributed by atoms with van der Waals surface area (Å²) in [5.41, 5.74) is 1.31. The number of carbonyl (C=O) groups excluding carboxylic acids is 1. The van der Waals surface area contributed by atoms with Gasteiger partial charge in [0.1, 0.15) is 5.82 Å². The summed E-state index contributed by atoms with van der Waals surface area (Å²) in [6.45, 7) is 4.68. The van der Waals surface area contributed by atoms with Crippen molar-refractivity contribution in [2.75, 3.05) is 32.6 Å². The Morgan fingerprint density at radius 2 is 1.96 bits per heavy atom. The average molecular weight is 342 g/mol. The van der Waals surface area contributed by atoms with E-state index in [-0.39, 0.29) is 11.6 Å². The number of rotatable bonds is 9. The molecule has 1 aromatic carbocycles. The lowest BCUT2D eigenvalue weighted by Crippen LogP contribution is -2.26. The summed E-state index contributed by atoms with van der Waals surface area (Å²) in [5.74, 6) is 1.68. The van der Waals surface area contributed by atoms with Crippen LogP contribution in [0.3, 0.4) is 0 Å². The SMILES string of the molecule is C=CCNc1ccc(C(=O)NCCc2ccc(OC)c(OC)c2)nn1. The Balaban J connectivity index is 1.86. The van der Waals surface area contributed by atoms with Gasteiger partial charge in [-0.25, -0.2) is 0 Å². The van der Waals surface area contributed by atoms with Crippen LogP contribution < -0.4 is 20.1 Å². The van der Waals surface area contributed by atoms with Gasteiger partial charge in [0.05, 0.1) is 14.2 Å². The third-order valence-electron chi connectivity index (χ3n) is 3.47. The van der Waals surface area contributed by atoms with Crippen molar-refractivity contribution in [2.45, 2.75) is 6.42 Å². The van der Waals surface area contributed by atoms with Crippen LogP contribution in [0.25, 0.3) is 0 Å². The van der Waals surface area contributed by atoms with E-state index in [1.54, 1.807) is 32.4 Å². The summed E-state index contributed by atoms with van der Waals surface area (Å²) in [6, 6.07) is 9.01. The Labute approximate surface area is 147 Å². The van der Waals surface area contributed by atoms with Crippen molar-refractivity contribution in [3.63, 3.8) is 0 Å². The molecule has 0 saturated carbocycles. The molecule has 1 heterocycles. The minimum absolute atomic E-state index is 0.261. The zero-order valence-electron chi connectivity index (χ0n) is 14.4. The molecule has 0 fully saturated rings. The number of nitrogens with zero attached hydrogens (tertiary/aromatic N) is 2. The molecule has 2 aromatic rings. The van der Waals surface area contributed by atoms with Crippen molar-refractivity contribution in [1.29, 1.82) is 0 Å². The molecule has 0 bridgehead atoms. The molecule has 0 aliphatic heterocycles. The van der Waals surface area contributed by atoms with Gasteiger partial charge >= 0.3 is 0 Å². The zero-order valence-corrected chi connectivity index (χ0v) is 14.4. The third kappa shape index (κ3) is 5.20. The molecule has 132 valence electrons. The van der Waals surface area contributed by atoms with Crippen LogP contribution in [-0.4, -0.2) is 43.4 Å². The van der Waals surface area contributed by atoms with E-state index in [0.717, 1.165) is 5.56 Å². The minimum atomic E-state index is -0.261. The molecular formula is C18H22N4O3. The zero-order chi connectivity index (χ0) is 18.1. The average Bonchev–Trinajstić information content (AvgIpc) is 2.66. The van der Waals surface area contributed by atoms with Gasteiger partial charge < -0.3 is 20.1 Å². The molecule has 0 spiro atoms. The molecule has 0 saturated heterocycles. The van der Waals surface area contributed by atoms with E-state index in [1.807, 2.05) is 18.2 Å². The van der Waals surface area contributed by atoms with Crippen molar-refractivity contribution < 1.29 is 14.3 Å². The standard InChI is InChI=1S/C18H22N4O3/c1-4-10-19-17-8-6-14(21-22-17)18(23)20-11-9-13-5-7-15(24-2)16(12-13)25-3/h4-8,12H,1,9-11H2,2-3H3,(H,19,22)(H,20,23). The molecule has 0 aliphatic rings. The first-order valence-corrected chi connectivity index (χ1v) is 7.85. The van der Waals surface area contributed by atoms with Gasteiger partial charge in [-0.1, -0.05) is 12.1 Å².